The van der Waals surface area contributed by atoms with Crippen molar-refractivity contribution in [3.63, 3.8) is 0 Å². The number of nitrogens with zero attached hydrogens (tertiary/aromatic N) is 2. The van der Waals surface area contributed by atoms with Crippen molar-refractivity contribution >= 4 is 23.6 Å². The summed E-state index contributed by atoms with van der Waals surface area (Å²) >= 11 is 1.60. The highest BCUT2D eigenvalue weighted by Crippen LogP contribution is 2.43. The summed E-state index contributed by atoms with van der Waals surface area (Å²) < 4.78 is 21.1. The molecular formula is C21H23FN2O3S. The first-order chi connectivity index (χ1) is 13.5. The van der Waals surface area contributed by atoms with E-state index >= 15 is 0 Å². The van der Waals surface area contributed by atoms with Crippen LogP contribution in [0.3, 0.4) is 0 Å². The number of carboxylic acid groups (broad SMARTS) is 1. The highest BCUT2D eigenvalue weighted by atomic mass is 32.2. The van der Waals surface area contributed by atoms with Gasteiger partial charge in [-0.3, -0.25) is 0 Å². The molecule has 2 aromatic rings. The normalized spacial score (nSPS) is 15.1. The van der Waals surface area contributed by atoms with E-state index in [4.69, 9.17) is 9.84 Å². The Morgan fingerprint density at radius 3 is 2.71 bits per heavy atom. The Morgan fingerprint density at radius 2 is 2.04 bits per heavy atom. The minimum atomic E-state index is -1.65. The third-order valence-corrected chi connectivity index (χ3v) is 5.43. The van der Waals surface area contributed by atoms with E-state index in [0.29, 0.717) is 12.0 Å². The Bertz CT molecular complexity index is 873. The quantitative estimate of drug-likeness (QED) is 0.426. The maximum Gasteiger partial charge on any atom is 0.368 e. The molecule has 7 heteroatoms. The molecule has 0 saturated heterocycles. The van der Waals surface area contributed by atoms with Crippen molar-refractivity contribution < 1.29 is 19.0 Å². The summed E-state index contributed by atoms with van der Waals surface area (Å²) in [6, 6.07) is 13.6. The number of fused-ring (bicyclic) bond motifs is 1. The molecule has 0 aromatic heterocycles. The summed E-state index contributed by atoms with van der Waals surface area (Å²) in [4.78, 5) is 14.1. The smallest absolute Gasteiger partial charge is 0.368 e. The Labute approximate surface area is 168 Å². The van der Waals surface area contributed by atoms with Crippen LogP contribution in [0.15, 0.2) is 59.4 Å². The number of hydrogen-bond donors (Lipinski definition) is 1. The van der Waals surface area contributed by atoms with E-state index < -0.39 is 11.8 Å². The summed E-state index contributed by atoms with van der Waals surface area (Å²) in [7, 11) is 2.03. The van der Waals surface area contributed by atoms with Crippen molar-refractivity contribution in [3.05, 3.63) is 54.6 Å². The molecule has 0 fully saturated rings. The molecule has 2 aromatic carbocycles. The second-order valence-corrected chi connectivity index (χ2v) is 7.75. The van der Waals surface area contributed by atoms with Gasteiger partial charge in [-0.1, -0.05) is 37.3 Å². The van der Waals surface area contributed by atoms with Gasteiger partial charge in [0.15, 0.2) is 0 Å². The summed E-state index contributed by atoms with van der Waals surface area (Å²) in [6.07, 6.45) is 1.67. The van der Waals surface area contributed by atoms with Crippen LogP contribution in [0.5, 0.6) is 5.75 Å². The van der Waals surface area contributed by atoms with E-state index in [0.717, 1.165) is 47.8 Å². The van der Waals surface area contributed by atoms with Crippen LogP contribution in [0.2, 0.25) is 0 Å². The fourth-order valence-corrected chi connectivity index (χ4v) is 4.02. The topological polar surface area (TPSA) is 53.0 Å². The molecule has 1 aliphatic heterocycles. The first-order valence-corrected chi connectivity index (χ1v) is 9.90. The zero-order valence-electron chi connectivity index (χ0n) is 15.9. The zero-order chi connectivity index (χ0) is 20.1. The average Bonchev–Trinajstić information content (AvgIpc) is 2.84. The third-order valence-electron chi connectivity index (χ3n) is 4.41. The molecule has 0 unspecified atom stereocenters. The molecule has 1 N–H and O–H groups in total. The lowest BCUT2D eigenvalue weighted by atomic mass is 10.0. The monoisotopic (exact) mass is 402 g/mol. The third kappa shape index (κ3) is 4.66. The predicted molar refractivity (Wildman–Crippen MR) is 110 cm³/mol. The lowest BCUT2D eigenvalue weighted by Gasteiger charge is -2.25. The number of likely N-dealkylation sites (N-methyl/N-ethyl adjacent to an activating group) is 1. The number of carboxylic acids is 1. The SMILES string of the molecule is CCCN1CCN(C)Sc2cc(O/C=C(\F)C(=O)O)c(-c3ccccc3)cc21. The van der Waals surface area contributed by atoms with Crippen LogP contribution in [0.25, 0.3) is 11.1 Å². The van der Waals surface area contributed by atoms with E-state index in [1.165, 1.54) is 0 Å². The van der Waals surface area contributed by atoms with Crippen molar-refractivity contribution in [1.29, 1.82) is 0 Å². The molecule has 148 valence electrons. The second kappa shape index (κ2) is 9.12. The largest absolute Gasteiger partial charge is 0.476 e. The first kappa shape index (κ1) is 20.2. The molecule has 3 rings (SSSR count). The fourth-order valence-electron chi connectivity index (χ4n) is 3.07. The van der Waals surface area contributed by atoms with Crippen molar-refractivity contribution in [2.24, 2.45) is 0 Å². The lowest BCUT2D eigenvalue weighted by molar-refractivity contribution is -0.134. The van der Waals surface area contributed by atoms with Crippen molar-refractivity contribution in [3.8, 4) is 16.9 Å². The zero-order valence-corrected chi connectivity index (χ0v) is 16.7. The van der Waals surface area contributed by atoms with Crippen LogP contribution in [-0.2, 0) is 4.79 Å². The summed E-state index contributed by atoms with van der Waals surface area (Å²) in [5.74, 6) is -2.58. The molecule has 0 atom stereocenters. The van der Waals surface area contributed by atoms with E-state index in [-0.39, 0.29) is 0 Å². The number of anilines is 1. The van der Waals surface area contributed by atoms with E-state index in [1.807, 2.05) is 49.5 Å². The van der Waals surface area contributed by atoms with E-state index in [1.54, 1.807) is 11.9 Å². The Morgan fingerprint density at radius 1 is 1.29 bits per heavy atom. The minimum Gasteiger partial charge on any atom is -0.476 e. The molecule has 28 heavy (non-hydrogen) atoms. The summed E-state index contributed by atoms with van der Waals surface area (Å²) in [5.41, 5.74) is 2.81. The van der Waals surface area contributed by atoms with Gasteiger partial charge in [0, 0.05) is 25.2 Å². The van der Waals surface area contributed by atoms with Crippen LogP contribution < -0.4 is 9.64 Å². The molecule has 0 bridgehead atoms. The van der Waals surface area contributed by atoms with Gasteiger partial charge in [-0.15, -0.1) is 0 Å². The molecule has 1 heterocycles. The molecular weight excluding hydrogens is 379 g/mol. The summed E-state index contributed by atoms with van der Waals surface area (Å²) in [6.45, 7) is 4.90. The van der Waals surface area contributed by atoms with Crippen LogP contribution in [0, 0.1) is 0 Å². The molecule has 0 amide bonds. The Kier molecular flexibility index (Phi) is 6.59. The van der Waals surface area contributed by atoms with Gasteiger partial charge >= 0.3 is 5.97 Å². The number of aliphatic carboxylic acids is 1. The van der Waals surface area contributed by atoms with E-state index in [9.17, 15) is 9.18 Å². The number of ether oxygens (including phenoxy) is 1. The van der Waals surface area contributed by atoms with Crippen LogP contribution in [0.1, 0.15) is 13.3 Å². The van der Waals surface area contributed by atoms with Gasteiger partial charge in [-0.2, -0.15) is 4.39 Å². The standard InChI is InChI=1S/C21H23FN2O3S/c1-3-9-24-11-10-23(2)28-20-13-19(27-14-17(22)21(25)26)16(12-18(20)24)15-7-5-4-6-8-15/h4-8,12-14H,3,9-11H2,1-2H3,(H,25,26)/b17-14-. The molecule has 5 nitrogen and oxygen atoms in total. The lowest BCUT2D eigenvalue weighted by Crippen LogP contribution is -2.29. The van der Waals surface area contributed by atoms with Gasteiger partial charge in [-0.25, -0.2) is 9.10 Å². The van der Waals surface area contributed by atoms with Gasteiger partial charge in [0.2, 0.25) is 5.83 Å². The first-order valence-electron chi connectivity index (χ1n) is 9.12. The van der Waals surface area contributed by atoms with Gasteiger partial charge in [0.25, 0.3) is 0 Å². The minimum absolute atomic E-state index is 0.417. The van der Waals surface area contributed by atoms with Gasteiger partial charge < -0.3 is 14.7 Å². The Hall–Kier alpha value is -2.51. The predicted octanol–water partition coefficient (Wildman–Crippen LogP) is 4.80. The number of benzene rings is 2. The molecule has 1 aliphatic rings. The highest BCUT2D eigenvalue weighted by Gasteiger charge is 2.22. The summed E-state index contributed by atoms with van der Waals surface area (Å²) in [5, 5.41) is 8.76. The molecule has 0 spiro atoms. The van der Waals surface area contributed by atoms with Gasteiger partial charge in [0.1, 0.15) is 12.0 Å². The van der Waals surface area contributed by atoms with Crippen molar-refractivity contribution in [1.82, 2.24) is 4.31 Å². The fraction of sp³-hybridized carbons (Fsp3) is 0.286. The number of rotatable bonds is 6. The Balaban J connectivity index is 2.12. The van der Waals surface area contributed by atoms with Crippen LogP contribution >= 0.6 is 11.9 Å². The van der Waals surface area contributed by atoms with Gasteiger partial charge in [0.05, 0.1) is 10.6 Å². The second-order valence-electron chi connectivity index (χ2n) is 6.50. The van der Waals surface area contributed by atoms with Crippen LogP contribution in [0.4, 0.5) is 10.1 Å². The molecule has 0 aliphatic carbocycles. The van der Waals surface area contributed by atoms with Crippen LogP contribution in [-0.4, -0.2) is 42.1 Å². The van der Waals surface area contributed by atoms with Crippen molar-refractivity contribution in [2.75, 3.05) is 31.6 Å². The number of carbonyl (C=O) groups is 1. The van der Waals surface area contributed by atoms with E-state index in [2.05, 4.69) is 16.1 Å². The average molecular weight is 402 g/mol. The highest BCUT2D eigenvalue weighted by molar-refractivity contribution is 7.97. The number of hydrogen-bond acceptors (Lipinski definition) is 5. The van der Waals surface area contributed by atoms with Gasteiger partial charge in [-0.05, 0) is 43.1 Å². The molecule has 0 saturated carbocycles. The van der Waals surface area contributed by atoms with Crippen molar-refractivity contribution in [2.45, 2.75) is 18.2 Å². The molecule has 0 radical (unpaired) electrons. The maximum absolute atomic E-state index is 13.5. The maximum atomic E-state index is 13.5. The number of halogens is 1.